The molecule has 0 unspecified atom stereocenters. The van der Waals surface area contributed by atoms with Crippen LogP contribution in [0.3, 0.4) is 0 Å². The monoisotopic (exact) mass is 689 g/mol. The molecule has 0 saturated carbocycles. The fourth-order valence-electron chi connectivity index (χ4n) is 6.57. The molecule has 3 aromatic heterocycles. The molecule has 0 amide bonds. The van der Waals surface area contributed by atoms with E-state index in [0.717, 1.165) is 79.1 Å². The molecule has 0 saturated heterocycles. The fraction of sp³-hybridized carbons (Fsp3) is 0.273. The van der Waals surface area contributed by atoms with E-state index in [4.69, 9.17) is 26.4 Å². The van der Waals surface area contributed by atoms with Gasteiger partial charge >= 0.3 is 17.1 Å². The normalized spacial score (nSPS) is 13.9. The summed E-state index contributed by atoms with van der Waals surface area (Å²) in [6.07, 6.45) is 10.8. The first-order valence-electron chi connectivity index (χ1n) is 16.7. The van der Waals surface area contributed by atoms with Gasteiger partial charge in [-0.3, -0.25) is 4.98 Å². The van der Waals surface area contributed by atoms with E-state index in [9.17, 15) is 0 Å². The second kappa shape index (κ2) is 12.4. The third-order valence-electron chi connectivity index (χ3n) is 9.46. The van der Waals surface area contributed by atoms with Gasteiger partial charge in [0.25, 0.3) is 0 Å². The van der Waals surface area contributed by atoms with E-state index in [1.165, 1.54) is 11.1 Å². The van der Waals surface area contributed by atoms with Gasteiger partial charge in [0.15, 0.2) is 0 Å². The number of fused-ring (bicyclic) bond motifs is 8. The Bertz CT molecular complexity index is 2280. The summed E-state index contributed by atoms with van der Waals surface area (Å²) in [5.41, 5.74) is 14.6. The third-order valence-corrected chi connectivity index (χ3v) is 9.46. The van der Waals surface area contributed by atoms with Crippen LogP contribution in [-0.2, 0) is 39.7 Å². The average Bonchev–Trinajstić information content (AvgIpc) is 3.82. The van der Waals surface area contributed by atoms with Crippen LogP contribution in [0.4, 0.5) is 0 Å². The number of rotatable bonds is 2. The summed E-state index contributed by atoms with van der Waals surface area (Å²) in [4.78, 5) is 20.8. The van der Waals surface area contributed by atoms with Gasteiger partial charge in [-0.2, -0.15) is 0 Å². The summed E-state index contributed by atoms with van der Waals surface area (Å²) >= 11 is 0. The fourth-order valence-corrected chi connectivity index (χ4v) is 6.57. The van der Waals surface area contributed by atoms with Crippen molar-refractivity contribution in [1.29, 1.82) is 0 Å². The first kappa shape index (κ1) is 34.2. The molecular formula is C44H42CuN4. The molecule has 5 aromatic rings. The Morgan fingerprint density at radius 1 is 0.653 bits per heavy atom. The maximum absolute atomic E-state index is 5.72. The zero-order valence-corrected chi connectivity index (χ0v) is 30.5. The molecule has 2 aliphatic rings. The topological polar surface area (TPSA) is 54.0 Å². The Balaban J connectivity index is 0.00000417. The second-order valence-corrected chi connectivity index (χ2v) is 15.8. The Hall–Kier alpha value is -4.62. The maximum atomic E-state index is 5.72. The molecule has 7 rings (SSSR count). The van der Waals surface area contributed by atoms with Crippen LogP contribution in [0.1, 0.15) is 94.9 Å². The number of hydrogen-bond acceptors (Lipinski definition) is 2. The molecule has 0 atom stereocenters. The summed E-state index contributed by atoms with van der Waals surface area (Å²) < 4.78 is 0. The Labute approximate surface area is 301 Å². The number of hydrogen-bond donors (Lipinski definition) is 0. The molecule has 8 bridgehead atoms. The smallest absolute Gasteiger partial charge is 0.657 e. The maximum Gasteiger partial charge on any atom is 2.00 e. The van der Waals surface area contributed by atoms with Crippen LogP contribution in [0.15, 0.2) is 78.9 Å². The Morgan fingerprint density at radius 2 is 1.18 bits per heavy atom. The van der Waals surface area contributed by atoms with Crippen molar-refractivity contribution in [3.63, 3.8) is 0 Å². The molecule has 0 spiro atoms. The van der Waals surface area contributed by atoms with Gasteiger partial charge in [-0.1, -0.05) is 128 Å². The molecular weight excluding hydrogens is 648 g/mol. The Kier molecular flexibility index (Phi) is 8.64. The van der Waals surface area contributed by atoms with Crippen molar-refractivity contribution in [2.45, 2.75) is 78.1 Å². The molecule has 249 valence electrons. The van der Waals surface area contributed by atoms with Crippen LogP contribution in [0.25, 0.3) is 56.5 Å². The van der Waals surface area contributed by atoms with E-state index in [1.807, 2.05) is 12.1 Å². The summed E-state index contributed by atoms with van der Waals surface area (Å²) in [5.74, 6) is 2.74. The Morgan fingerprint density at radius 3 is 1.71 bits per heavy atom. The molecule has 2 aromatic carbocycles. The van der Waals surface area contributed by atoms with Crippen LogP contribution in [0, 0.1) is 12.3 Å². The molecule has 49 heavy (non-hydrogen) atoms. The molecule has 0 fully saturated rings. The number of nitrogens with zero attached hydrogens (tertiary/aromatic N) is 4. The van der Waals surface area contributed by atoms with Crippen LogP contribution in [-0.4, -0.2) is 9.97 Å². The summed E-state index contributed by atoms with van der Waals surface area (Å²) in [6.45, 7) is 18.1. The van der Waals surface area contributed by atoms with Crippen molar-refractivity contribution in [2.75, 3.05) is 0 Å². The van der Waals surface area contributed by atoms with Crippen LogP contribution >= 0.6 is 0 Å². The van der Waals surface area contributed by atoms with Gasteiger partial charge in [-0.15, -0.1) is 28.5 Å². The van der Waals surface area contributed by atoms with E-state index < -0.39 is 0 Å². The number of aromatic nitrogens is 4. The minimum Gasteiger partial charge on any atom is -0.657 e. The van der Waals surface area contributed by atoms with Gasteiger partial charge in [0.2, 0.25) is 0 Å². The average molecular weight is 690 g/mol. The predicted octanol–water partition coefficient (Wildman–Crippen LogP) is 10.2. The van der Waals surface area contributed by atoms with Crippen molar-refractivity contribution in [2.24, 2.45) is 0 Å². The molecule has 5 heterocycles. The second-order valence-electron chi connectivity index (χ2n) is 15.8. The standard InChI is InChI=1S/C44H42N4.Cu/c1-10-27-11-13-28(14-12-27)40-35-17-15-32(45-35)24-34-26-44(8,9)39(47-34)25-33-16-18-36(46-33)41(38-20-19-37(40)48-38)29-21-30(42(2,3)4)23-31(22-29)43(5,6)7;/h1,11-25H,26H2,2-9H3;/q-2;+2. The van der Waals surface area contributed by atoms with Gasteiger partial charge in [0.05, 0.1) is 11.4 Å². The third kappa shape index (κ3) is 6.69. The zero-order chi connectivity index (χ0) is 34.0. The molecule has 1 radical (unpaired) electrons. The minimum atomic E-state index is -0.124. The predicted molar refractivity (Wildman–Crippen MR) is 201 cm³/mol. The van der Waals surface area contributed by atoms with Gasteiger partial charge in [-0.05, 0) is 68.5 Å². The van der Waals surface area contributed by atoms with Crippen LogP contribution in [0.2, 0.25) is 0 Å². The van der Waals surface area contributed by atoms with Crippen LogP contribution < -0.4 is 9.97 Å². The summed E-state index contributed by atoms with van der Waals surface area (Å²) in [6, 6.07) is 27.7. The minimum absolute atomic E-state index is 0. The van der Waals surface area contributed by atoms with Crippen molar-refractivity contribution in [3.05, 3.63) is 118 Å². The van der Waals surface area contributed by atoms with Gasteiger partial charge < -0.3 is 9.97 Å². The first-order chi connectivity index (χ1) is 22.7. The molecule has 4 nitrogen and oxygen atoms in total. The summed E-state index contributed by atoms with van der Waals surface area (Å²) in [5, 5.41) is 0. The largest absolute Gasteiger partial charge is 2.00 e. The summed E-state index contributed by atoms with van der Waals surface area (Å²) in [7, 11) is 0. The molecule has 5 heteroatoms. The van der Waals surface area contributed by atoms with Gasteiger partial charge in [0, 0.05) is 28.8 Å². The zero-order valence-electron chi connectivity index (χ0n) is 29.5. The van der Waals surface area contributed by atoms with E-state index in [-0.39, 0.29) is 33.3 Å². The number of benzene rings is 2. The van der Waals surface area contributed by atoms with E-state index in [0.29, 0.717) is 0 Å². The SMILES string of the molecule is C#Cc1ccc(-c2c3nc(c(-c4cc(C(C)(C)C)cc(C(C)(C)C)c4)c4ccc(cc5nc(cc6ccc2[n-]6)CC5(C)C)[n-]4)C=C3)cc1.[Cu+2]. The van der Waals surface area contributed by atoms with E-state index in [1.54, 1.807) is 0 Å². The van der Waals surface area contributed by atoms with Crippen molar-refractivity contribution in [1.82, 2.24) is 19.9 Å². The van der Waals surface area contributed by atoms with Crippen molar-refractivity contribution < 1.29 is 17.1 Å². The van der Waals surface area contributed by atoms with Crippen molar-refractivity contribution in [3.8, 4) is 34.6 Å². The quantitative estimate of drug-likeness (QED) is 0.134. The first-order valence-corrected chi connectivity index (χ1v) is 16.7. The number of terminal acetylenes is 1. The van der Waals surface area contributed by atoms with Crippen molar-refractivity contribution >= 4 is 34.2 Å². The van der Waals surface area contributed by atoms with Gasteiger partial charge in [0.1, 0.15) is 0 Å². The molecule has 0 aliphatic carbocycles. The molecule has 0 N–H and O–H groups in total. The van der Waals surface area contributed by atoms with Gasteiger partial charge in [-0.25, -0.2) is 4.98 Å². The van der Waals surface area contributed by atoms with Crippen LogP contribution in [0.5, 0.6) is 0 Å². The molecule has 2 aliphatic heterocycles. The van der Waals surface area contributed by atoms with E-state index in [2.05, 4.69) is 140 Å². The van der Waals surface area contributed by atoms with E-state index >= 15 is 0 Å².